The molecule has 1 amide bonds. The molecule has 50 heavy (non-hydrogen) atoms. The van der Waals surface area contributed by atoms with Crippen molar-refractivity contribution < 1.29 is 24.2 Å². The van der Waals surface area contributed by atoms with Crippen molar-refractivity contribution in [3.05, 3.63) is 24.3 Å². The van der Waals surface area contributed by atoms with E-state index in [0.717, 1.165) is 57.8 Å². The molecule has 0 heterocycles. The van der Waals surface area contributed by atoms with E-state index in [1.165, 1.54) is 109 Å². The van der Waals surface area contributed by atoms with Crippen LogP contribution in [-0.4, -0.2) is 41.6 Å². The molecular formula is C43H80N2O5. The minimum atomic E-state index is -1.02. The maximum atomic E-state index is 12.7. The van der Waals surface area contributed by atoms with E-state index < -0.39 is 12.0 Å². The normalized spacial score (nSPS) is 12.9. The molecule has 0 rings (SSSR count). The summed E-state index contributed by atoms with van der Waals surface area (Å²) in [5.41, 5.74) is 5.47. The zero-order valence-corrected chi connectivity index (χ0v) is 32.7. The number of nitrogens with one attached hydrogen (secondary N) is 1. The Hall–Kier alpha value is -2.15. The second-order valence-electron chi connectivity index (χ2n) is 14.4. The third-order valence-corrected chi connectivity index (χ3v) is 9.48. The fraction of sp³-hybridized carbons (Fsp3) is 0.837. The van der Waals surface area contributed by atoms with E-state index in [2.05, 4.69) is 37.4 Å². The van der Waals surface area contributed by atoms with Crippen molar-refractivity contribution in [1.82, 2.24) is 5.32 Å². The number of allylic oxidation sites excluding steroid dienone is 3. The number of esters is 1. The largest absolute Gasteiger partial charge is 0.480 e. The number of rotatable bonds is 38. The van der Waals surface area contributed by atoms with E-state index in [-0.39, 0.29) is 18.0 Å². The van der Waals surface area contributed by atoms with Crippen LogP contribution in [0.5, 0.6) is 0 Å². The molecule has 7 nitrogen and oxygen atoms in total. The van der Waals surface area contributed by atoms with E-state index in [1.807, 2.05) is 6.08 Å². The quantitative estimate of drug-likeness (QED) is 0.0334. The van der Waals surface area contributed by atoms with Crippen molar-refractivity contribution in [2.24, 2.45) is 5.73 Å². The zero-order valence-electron chi connectivity index (χ0n) is 32.7. The van der Waals surface area contributed by atoms with Crippen molar-refractivity contribution >= 4 is 17.8 Å². The van der Waals surface area contributed by atoms with Gasteiger partial charge in [-0.25, -0.2) is 4.79 Å². The smallest absolute Gasteiger partial charge is 0.326 e. The molecule has 292 valence electrons. The average Bonchev–Trinajstić information content (AvgIpc) is 3.10. The predicted octanol–water partition coefficient (Wildman–Crippen LogP) is 11.7. The number of carboxylic acids is 1. The maximum Gasteiger partial charge on any atom is 0.326 e. The van der Waals surface area contributed by atoms with Gasteiger partial charge in [0.15, 0.2) is 0 Å². The van der Waals surface area contributed by atoms with Gasteiger partial charge >= 0.3 is 11.9 Å². The number of carbonyl (C=O) groups excluding carboxylic acids is 2. The Bertz CT molecular complexity index is 843. The van der Waals surface area contributed by atoms with Crippen LogP contribution in [0.1, 0.15) is 213 Å². The van der Waals surface area contributed by atoms with Gasteiger partial charge < -0.3 is 20.9 Å². The van der Waals surface area contributed by atoms with Gasteiger partial charge in [0.1, 0.15) is 12.1 Å². The summed E-state index contributed by atoms with van der Waals surface area (Å²) in [7, 11) is 0. The molecule has 0 aromatic carbocycles. The van der Waals surface area contributed by atoms with Crippen LogP contribution in [0.4, 0.5) is 0 Å². The van der Waals surface area contributed by atoms with Gasteiger partial charge in [0.25, 0.3) is 0 Å². The molecule has 0 aliphatic carbocycles. The number of hydrogen-bond acceptors (Lipinski definition) is 5. The van der Waals surface area contributed by atoms with Gasteiger partial charge in [0.05, 0.1) is 0 Å². The van der Waals surface area contributed by atoms with Crippen LogP contribution in [0.2, 0.25) is 0 Å². The molecule has 0 aliphatic rings. The highest BCUT2D eigenvalue weighted by Gasteiger charge is 2.19. The van der Waals surface area contributed by atoms with Crippen LogP contribution in [0.25, 0.3) is 0 Å². The van der Waals surface area contributed by atoms with Crippen molar-refractivity contribution in [3.8, 4) is 0 Å². The van der Waals surface area contributed by atoms with Gasteiger partial charge in [-0.1, -0.05) is 167 Å². The molecule has 0 saturated heterocycles. The Morgan fingerprint density at radius 1 is 0.600 bits per heavy atom. The minimum Gasteiger partial charge on any atom is -0.480 e. The zero-order chi connectivity index (χ0) is 36.8. The van der Waals surface area contributed by atoms with Crippen LogP contribution in [0.3, 0.4) is 0 Å². The number of ether oxygens (including phenoxy) is 1. The van der Waals surface area contributed by atoms with Gasteiger partial charge in [-0.15, -0.1) is 0 Å². The fourth-order valence-corrected chi connectivity index (χ4v) is 6.29. The first kappa shape index (κ1) is 47.8. The molecule has 0 bridgehead atoms. The first-order chi connectivity index (χ1) is 24.4. The molecule has 7 heteroatoms. The van der Waals surface area contributed by atoms with Gasteiger partial charge in [-0.05, 0) is 64.0 Å². The highest BCUT2D eigenvalue weighted by atomic mass is 16.5. The van der Waals surface area contributed by atoms with Crippen LogP contribution >= 0.6 is 0 Å². The van der Waals surface area contributed by atoms with Gasteiger partial charge in [-0.3, -0.25) is 9.59 Å². The Kier molecular flexibility index (Phi) is 36.5. The molecule has 0 aromatic rings. The highest BCUT2D eigenvalue weighted by Crippen LogP contribution is 2.16. The molecule has 0 aliphatic heterocycles. The SMILES string of the molecule is CCC/C=C\C/C=C\C(CCCCCCC(=O)NC(CCCN)C(=O)O)OC(=O)CCCCCCCCCCCCCCCCCCCCC. The lowest BCUT2D eigenvalue weighted by molar-refractivity contribution is -0.147. The van der Waals surface area contributed by atoms with Crippen LogP contribution in [-0.2, 0) is 19.1 Å². The number of unbranched alkanes of at least 4 members (excludes halogenated alkanes) is 22. The first-order valence-electron chi connectivity index (χ1n) is 21.2. The van der Waals surface area contributed by atoms with Gasteiger partial charge in [-0.2, -0.15) is 0 Å². The van der Waals surface area contributed by atoms with E-state index in [1.54, 1.807) is 0 Å². The Labute approximate surface area is 308 Å². The standard InChI is InChI=1S/C43H80N2O5/c1-3-5-7-9-11-12-13-14-15-16-17-18-19-20-21-22-23-25-31-37-42(47)50-39(33-28-24-10-8-6-4-2)34-29-26-27-30-36-41(46)45-40(43(48)49)35-32-38-44/h8,10,28,33,39-40H,3-7,9,11-27,29-32,34-38,44H2,1-2H3,(H,45,46)(H,48,49)/b10-8-,33-28-. The van der Waals surface area contributed by atoms with Crippen LogP contribution < -0.4 is 11.1 Å². The van der Waals surface area contributed by atoms with Gasteiger partial charge in [0, 0.05) is 12.8 Å². The van der Waals surface area contributed by atoms with Crippen LogP contribution in [0.15, 0.2) is 24.3 Å². The second-order valence-corrected chi connectivity index (χ2v) is 14.4. The summed E-state index contributed by atoms with van der Waals surface area (Å²) < 4.78 is 5.88. The first-order valence-corrected chi connectivity index (χ1v) is 21.2. The number of aliphatic carboxylic acids is 1. The summed E-state index contributed by atoms with van der Waals surface area (Å²) in [6, 6.07) is -0.871. The Morgan fingerprint density at radius 2 is 1.10 bits per heavy atom. The molecular weight excluding hydrogens is 624 g/mol. The monoisotopic (exact) mass is 705 g/mol. The molecule has 0 spiro atoms. The second kappa shape index (κ2) is 38.1. The summed E-state index contributed by atoms with van der Waals surface area (Å²) in [5.74, 6) is -1.35. The Balaban J connectivity index is 4.07. The van der Waals surface area contributed by atoms with Crippen molar-refractivity contribution in [2.75, 3.05) is 6.54 Å². The topological polar surface area (TPSA) is 119 Å². The number of nitrogens with two attached hydrogens (primary N) is 1. The average molecular weight is 705 g/mol. The summed E-state index contributed by atoms with van der Waals surface area (Å²) in [6.45, 7) is 4.85. The lowest BCUT2D eigenvalue weighted by atomic mass is 10.0. The predicted molar refractivity (Wildman–Crippen MR) is 211 cm³/mol. The van der Waals surface area contributed by atoms with E-state index in [4.69, 9.17) is 10.5 Å². The third kappa shape index (κ3) is 34.3. The van der Waals surface area contributed by atoms with Crippen molar-refractivity contribution in [1.29, 1.82) is 0 Å². The lowest BCUT2D eigenvalue weighted by Crippen LogP contribution is -2.40. The molecule has 0 saturated carbocycles. The number of carbonyl (C=O) groups is 3. The molecule has 4 N–H and O–H groups in total. The molecule has 2 atom stereocenters. The molecule has 0 aromatic heterocycles. The maximum absolute atomic E-state index is 12.7. The lowest BCUT2D eigenvalue weighted by Gasteiger charge is -2.15. The molecule has 0 fully saturated rings. The van der Waals surface area contributed by atoms with E-state index in [0.29, 0.717) is 38.6 Å². The summed E-state index contributed by atoms with van der Waals surface area (Å²) in [6.07, 6.45) is 42.6. The fourth-order valence-electron chi connectivity index (χ4n) is 6.29. The number of amides is 1. The van der Waals surface area contributed by atoms with Gasteiger partial charge in [0.2, 0.25) is 5.91 Å². The molecule has 0 radical (unpaired) electrons. The summed E-state index contributed by atoms with van der Waals surface area (Å²) in [4.78, 5) is 36.2. The van der Waals surface area contributed by atoms with E-state index in [9.17, 15) is 19.5 Å². The summed E-state index contributed by atoms with van der Waals surface area (Å²) in [5, 5.41) is 11.9. The summed E-state index contributed by atoms with van der Waals surface area (Å²) >= 11 is 0. The van der Waals surface area contributed by atoms with E-state index >= 15 is 0 Å². The highest BCUT2D eigenvalue weighted by molar-refractivity contribution is 5.83. The Morgan fingerprint density at radius 3 is 1.60 bits per heavy atom. The van der Waals surface area contributed by atoms with Crippen molar-refractivity contribution in [3.63, 3.8) is 0 Å². The van der Waals surface area contributed by atoms with Crippen molar-refractivity contribution in [2.45, 2.75) is 225 Å². The number of carboxylic acid groups (broad SMARTS) is 1. The third-order valence-electron chi connectivity index (χ3n) is 9.48. The van der Waals surface area contributed by atoms with Crippen LogP contribution in [0, 0.1) is 0 Å². The minimum absolute atomic E-state index is 0.104. The molecule has 2 unspecified atom stereocenters. The number of hydrogen-bond donors (Lipinski definition) is 3.